The van der Waals surface area contributed by atoms with Crippen molar-refractivity contribution in [3.63, 3.8) is 0 Å². The van der Waals surface area contributed by atoms with Crippen molar-refractivity contribution in [2.75, 3.05) is 0 Å². The summed E-state index contributed by atoms with van der Waals surface area (Å²) in [6.07, 6.45) is -2.11. The van der Waals surface area contributed by atoms with E-state index in [1.807, 2.05) is 30.3 Å². The van der Waals surface area contributed by atoms with Gasteiger partial charge >= 0.3 is 12.1 Å². The first-order chi connectivity index (χ1) is 13.0. The topological polar surface area (TPSA) is 86.8 Å². The second-order valence-electron chi connectivity index (χ2n) is 5.44. The Hall–Kier alpha value is -3.56. The van der Waals surface area contributed by atoms with Crippen molar-refractivity contribution >= 4 is 10.9 Å². The van der Waals surface area contributed by atoms with Gasteiger partial charge in [-0.2, -0.15) is 18.2 Å². The summed E-state index contributed by atoms with van der Waals surface area (Å²) in [5.74, 6) is -0.930. The van der Waals surface area contributed by atoms with E-state index in [4.69, 9.17) is 4.74 Å². The highest BCUT2D eigenvalue weighted by Gasteiger charge is 2.38. The summed E-state index contributed by atoms with van der Waals surface area (Å²) in [6, 6.07) is 11.2. The molecule has 0 aliphatic heterocycles. The molecule has 4 rings (SSSR count). The highest BCUT2D eigenvalue weighted by atomic mass is 19.4. The highest BCUT2D eigenvalue weighted by Crippen LogP contribution is 2.29. The number of para-hydroxylation sites is 1. The molecule has 0 saturated carbocycles. The molecule has 1 aromatic carbocycles. The zero-order valence-electron chi connectivity index (χ0n) is 13.5. The first-order valence-corrected chi connectivity index (χ1v) is 7.70. The van der Waals surface area contributed by atoms with Crippen LogP contribution in [0.4, 0.5) is 13.2 Å². The molecule has 0 N–H and O–H groups in total. The fourth-order valence-electron chi connectivity index (χ4n) is 2.27. The summed E-state index contributed by atoms with van der Waals surface area (Å²) in [5.41, 5.74) is 0.991. The van der Waals surface area contributed by atoms with Crippen LogP contribution in [-0.2, 0) is 12.8 Å². The van der Waals surface area contributed by atoms with Crippen LogP contribution in [0.5, 0.6) is 5.88 Å². The van der Waals surface area contributed by atoms with Crippen LogP contribution in [0.25, 0.3) is 22.3 Å². The molecular formula is C17H10F3N5O2. The maximum absolute atomic E-state index is 12.5. The predicted molar refractivity (Wildman–Crippen MR) is 86.4 cm³/mol. The average molecular weight is 373 g/mol. The number of aromatic nitrogens is 5. The lowest BCUT2D eigenvalue weighted by atomic mass is 10.2. The lowest BCUT2D eigenvalue weighted by molar-refractivity contribution is -0.159. The number of rotatable bonds is 4. The van der Waals surface area contributed by atoms with Gasteiger partial charge in [0, 0.05) is 23.8 Å². The number of hydrogen-bond acceptors (Lipinski definition) is 7. The normalized spacial score (nSPS) is 11.7. The third-order valence-corrected chi connectivity index (χ3v) is 3.55. The molecule has 0 aliphatic carbocycles. The maximum atomic E-state index is 12.5. The lowest BCUT2D eigenvalue weighted by Gasteiger charge is -2.05. The maximum Gasteiger partial charge on any atom is 0.471 e. The summed E-state index contributed by atoms with van der Waals surface area (Å²) < 4.78 is 47.2. The molecule has 7 nitrogen and oxygen atoms in total. The minimum absolute atomic E-state index is 0.0473. The first-order valence-electron chi connectivity index (χ1n) is 7.70. The summed E-state index contributed by atoms with van der Waals surface area (Å²) >= 11 is 0. The Morgan fingerprint density at radius 2 is 1.74 bits per heavy atom. The molecule has 3 heterocycles. The van der Waals surface area contributed by atoms with Crippen molar-refractivity contribution in [1.29, 1.82) is 0 Å². The lowest BCUT2D eigenvalue weighted by Crippen LogP contribution is -2.05. The van der Waals surface area contributed by atoms with Gasteiger partial charge in [0.05, 0.1) is 11.1 Å². The summed E-state index contributed by atoms with van der Waals surface area (Å²) in [4.78, 5) is 15.7. The molecule has 27 heavy (non-hydrogen) atoms. The van der Waals surface area contributed by atoms with Crippen LogP contribution >= 0.6 is 0 Å². The predicted octanol–water partition coefficient (Wildman–Crippen LogP) is 3.67. The zero-order chi connectivity index (χ0) is 18.9. The van der Waals surface area contributed by atoms with Crippen LogP contribution in [0.3, 0.4) is 0 Å². The molecule has 10 heteroatoms. The molecular weight excluding hydrogens is 363 g/mol. The molecule has 0 atom stereocenters. The van der Waals surface area contributed by atoms with Gasteiger partial charge in [0.25, 0.3) is 0 Å². The molecule has 0 bridgehead atoms. The van der Waals surface area contributed by atoms with E-state index in [0.29, 0.717) is 11.7 Å². The Morgan fingerprint density at radius 3 is 2.48 bits per heavy atom. The first kappa shape index (κ1) is 16.9. The van der Waals surface area contributed by atoms with Crippen LogP contribution in [0.15, 0.2) is 53.3 Å². The number of pyridine rings is 1. The molecule has 0 aliphatic rings. The number of nitrogens with zero attached hydrogens (tertiary/aromatic N) is 5. The van der Waals surface area contributed by atoms with Gasteiger partial charge in [0.1, 0.15) is 6.61 Å². The van der Waals surface area contributed by atoms with Gasteiger partial charge in [0.15, 0.2) is 5.82 Å². The smallest absolute Gasteiger partial charge is 0.469 e. The minimum Gasteiger partial charge on any atom is -0.469 e. The van der Waals surface area contributed by atoms with Gasteiger partial charge in [-0.3, -0.25) is 0 Å². The van der Waals surface area contributed by atoms with E-state index in [-0.39, 0.29) is 18.0 Å². The van der Waals surface area contributed by atoms with Gasteiger partial charge < -0.3 is 9.26 Å². The van der Waals surface area contributed by atoms with Gasteiger partial charge in [-0.15, -0.1) is 0 Å². The van der Waals surface area contributed by atoms with E-state index < -0.39 is 12.1 Å². The van der Waals surface area contributed by atoms with E-state index >= 15 is 0 Å². The molecule has 136 valence electrons. The van der Waals surface area contributed by atoms with E-state index in [9.17, 15) is 13.2 Å². The van der Waals surface area contributed by atoms with Crippen molar-refractivity contribution in [1.82, 2.24) is 25.1 Å². The molecule has 3 aromatic heterocycles. The third kappa shape index (κ3) is 3.68. The van der Waals surface area contributed by atoms with Gasteiger partial charge in [0.2, 0.25) is 11.7 Å². The van der Waals surface area contributed by atoms with E-state index in [2.05, 4.69) is 29.6 Å². The Balaban J connectivity index is 1.45. The number of alkyl halides is 3. The van der Waals surface area contributed by atoms with Crippen LogP contribution in [0.1, 0.15) is 11.7 Å². The van der Waals surface area contributed by atoms with Crippen molar-refractivity contribution in [2.24, 2.45) is 0 Å². The Kier molecular flexibility index (Phi) is 4.15. The number of halogens is 3. The van der Waals surface area contributed by atoms with Crippen LogP contribution < -0.4 is 4.74 Å². The van der Waals surface area contributed by atoms with Crippen molar-refractivity contribution in [3.8, 4) is 17.3 Å². The quantitative estimate of drug-likeness (QED) is 0.539. The van der Waals surface area contributed by atoms with Crippen molar-refractivity contribution in [2.45, 2.75) is 12.8 Å². The molecule has 0 amide bonds. The molecule has 0 saturated heterocycles. The third-order valence-electron chi connectivity index (χ3n) is 3.55. The summed E-state index contributed by atoms with van der Waals surface area (Å²) in [7, 11) is 0. The second kappa shape index (κ2) is 6.63. The molecule has 0 radical (unpaired) electrons. The average Bonchev–Trinajstić information content (AvgIpc) is 3.17. The summed E-state index contributed by atoms with van der Waals surface area (Å²) in [5, 5.41) is 4.27. The Labute approximate surface area is 149 Å². The fraction of sp³-hybridized carbons (Fsp3) is 0.118. The van der Waals surface area contributed by atoms with Crippen LogP contribution in [0.2, 0.25) is 0 Å². The van der Waals surface area contributed by atoms with Crippen LogP contribution in [0, 0.1) is 0 Å². The standard InChI is InChI=1S/C17H10F3N5O2/c18-17(19,20)16-24-15(25-27-16)11-7-21-13(22-8-11)9-26-14-6-5-10-3-1-2-4-12(10)23-14/h1-8H,9H2. The second-order valence-corrected chi connectivity index (χ2v) is 5.44. The molecule has 4 aromatic rings. The van der Waals surface area contributed by atoms with E-state index in [0.717, 1.165) is 10.9 Å². The number of benzene rings is 1. The largest absolute Gasteiger partial charge is 0.471 e. The van der Waals surface area contributed by atoms with Crippen LogP contribution in [-0.4, -0.2) is 25.1 Å². The fourth-order valence-corrected chi connectivity index (χ4v) is 2.27. The number of hydrogen-bond donors (Lipinski definition) is 0. The highest BCUT2D eigenvalue weighted by molar-refractivity contribution is 5.78. The zero-order valence-corrected chi connectivity index (χ0v) is 13.5. The van der Waals surface area contributed by atoms with E-state index in [1.165, 1.54) is 12.4 Å². The summed E-state index contributed by atoms with van der Waals surface area (Å²) in [6.45, 7) is 0.0473. The minimum atomic E-state index is -4.70. The molecule has 0 fully saturated rings. The van der Waals surface area contributed by atoms with Crippen molar-refractivity contribution < 1.29 is 22.4 Å². The monoisotopic (exact) mass is 373 g/mol. The number of fused-ring (bicyclic) bond motifs is 1. The van der Waals surface area contributed by atoms with Gasteiger partial charge in [-0.05, 0) is 12.1 Å². The molecule has 0 unspecified atom stereocenters. The molecule has 0 spiro atoms. The van der Waals surface area contributed by atoms with Crippen molar-refractivity contribution in [3.05, 3.63) is 60.5 Å². The van der Waals surface area contributed by atoms with E-state index in [1.54, 1.807) is 6.07 Å². The Morgan fingerprint density at radius 1 is 0.963 bits per heavy atom. The van der Waals surface area contributed by atoms with Gasteiger partial charge in [-0.1, -0.05) is 23.4 Å². The number of ether oxygens (including phenoxy) is 1. The Bertz CT molecular complexity index is 1080. The van der Waals surface area contributed by atoms with Gasteiger partial charge in [-0.25, -0.2) is 15.0 Å². The SMILES string of the molecule is FC(F)(F)c1nc(-c2cnc(COc3ccc4ccccc4n3)nc2)no1.